The molecule has 0 spiro atoms. The van der Waals surface area contributed by atoms with Crippen molar-refractivity contribution in [3.05, 3.63) is 29.8 Å². The van der Waals surface area contributed by atoms with Crippen LogP contribution in [0.25, 0.3) is 10.1 Å². The van der Waals surface area contributed by atoms with Gasteiger partial charge < -0.3 is 0 Å². The first-order chi connectivity index (χ1) is 6.86. The van der Waals surface area contributed by atoms with E-state index in [2.05, 4.69) is 24.3 Å². The number of hydrogen-bond acceptors (Lipinski definition) is 2. The Morgan fingerprint density at radius 2 is 2.21 bits per heavy atom. The molecular weight excluding hydrogens is 259 g/mol. The number of aliphatic hydroxyl groups excluding tert-OH is 1. The van der Waals surface area contributed by atoms with Crippen LogP contribution in [0, 0.1) is 0 Å². The van der Waals surface area contributed by atoms with Crippen LogP contribution in [0.2, 0.25) is 5.32 Å². The van der Waals surface area contributed by atoms with Crippen LogP contribution in [0.5, 0.6) is 0 Å². The second-order valence-corrected chi connectivity index (χ2v) is 7.41. The van der Waals surface area contributed by atoms with Crippen LogP contribution in [0.1, 0.15) is 18.1 Å². The van der Waals surface area contributed by atoms with Crippen molar-refractivity contribution in [3.63, 3.8) is 0 Å². The Bertz CT molecular complexity index is 477. The molecule has 0 amide bonds. The van der Waals surface area contributed by atoms with Crippen LogP contribution in [0.15, 0.2) is 24.3 Å². The van der Waals surface area contributed by atoms with E-state index < -0.39 is 0 Å². The fraction of sp³-hybridized carbons (Fsp3) is 0.273. The van der Waals surface area contributed by atoms with Gasteiger partial charge in [0.25, 0.3) is 0 Å². The number of rotatable bonds is 0. The maximum atomic E-state index is 9.96. The van der Waals surface area contributed by atoms with Crippen molar-refractivity contribution in [1.82, 2.24) is 0 Å². The van der Waals surface area contributed by atoms with Gasteiger partial charge in [-0.15, -0.1) is 0 Å². The third kappa shape index (κ3) is 1.24. The maximum absolute atomic E-state index is 9.96. The van der Waals surface area contributed by atoms with Crippen LogP contribution >= 0.6 is 11.3 Å². The van der Waals surface area contributed by atoms with E-state index >= 15 is 0 Å². The van der Waals surface area contributed by atoms with E-state index in [9.17, 15) is 5.11 Å². The first kappa shape index (κ1) is 8.93. The molecule has 1 aliphatic heterocycles. The fourth-order valence-electron chi connectivity index (χ4n) is 1.87. The minimum atomic E-state index is -0.211. The molecule has 1 aromatic carbocycles. The predicted molar refractivity (Wildman–Crippen MR) is 61.6 cm³/mol. The summed E-state index contributed by atoms with van der Waals surface area (Å²) in [5.41, 5.74) is 1.23. The zero-order chi connectivity index (χ0) is 9.54. The van der Waals surface area contributed by atoms with Crippen molar-refractivity contribution >= 4 is 40.2 Å². The molecular formula is C11H10OSSe. The number of benzene rings is 1. The SMILES string of the molecule is OC1CC[Se]c2sc3ccccc3c21. The van der Waals surface area contributed by atoms with E-state index in [4.69, 9.17) is 0 Å². The normalized spacial score (nSPS) is 21.1. The van der Waals surface area contributed by atoms with E-state index in [-0.39, 0.29) is 6.10 Å². The predicted octanol–water partition coefficient (Wildman–Crippen LogP) is 2.09. The van der Waals surface area contributed by atoms with Crippen LogP contribution in [-0.4, -0.2) is 20.1 Å². The second-order valence-electron chi connectivity index (χ2n) is 3.45. The van der Waals surface area contributed by atoms with Crippen molar-refractivity contribution < 1.29 is 5.11 Å². The van der Waals surface area contributed by atoms with Gasteiger partial charge in [0.05, 0.1) is 0 Å². The molecule has 1 unspecified atom stereocenters. The number of hydrogen-bond donors (Lipinski definition) is 1. The average Bonchev–Trinajstić information content (AvgIpc) is 2.57. The molecule has 3 rings (SSSR count). The average molecular weight is 269 g/mol. The van der Waals surface area contributed by atoms with E-state index in [1.165, 1.54) is 24.7 Å². The summed E-state index contributed by atoms with van der Waals surface area (Å²) in [7, 11) is 0. The first-order valence-corrected chi connectivity index (χ1v) is 7.57. The number of thiophene rings is 1. The molecule has 0 aliphatic carbocycles. The number of aliphatic hydroxyl groups is 1. The zero-order valence-electron chi connectivity index (χ0n) is 7.56. The molecule has 0 saturated carbocycles. The number of fused-ring (bicyclic) bond motifs is 3. The van der Waals surface area contributed by atoms with Crippen LogP contribution < -0.4 is 3.78 Å². The molecule has 1 N–H and O–H groups in total. The van der Waals surface area contributed by atoms with Gasteiger partial charge in [-0.1, -0.05) is 0 Å². The quantitative estimate of drug-likeness (QED) is 0.726. The molecule has 72 valence electrons. The van der Waals surface area contributed by atoms with Gasteiger partial charge >= 0.3 is 92.9 Å². The summed E-state index contributed by atoms with van der Waals surface area (Å²) in [5.74, 6) is 0. The van der Waals surface area contributed by atoms with Gasteiger partial charge in [0, 0.05) is 0 Å². The van der Waals surface area contributed by atoms with E-state index in [1.807, 2.05) is 11.3 Å². The van der Waals surface area contributed by atoms with Crippen LogP contribution in [-0.2, 0) is 0 Å². The van der Waals surface area contributed by atoms with Gasteiger partial charge in [-0.2, -0.15) is 0 Å². The van der Waals surface area contributed by atoms with Crippen molar-refractivity contribution in [1.29, 1.82) is 0 Å². The molecule has 0 fully saturated rings. The molecule has 1 aliphatic rings. The van der Waals surface area contributed by atoms with E-state index in [1.54, 1.807) is 0 Å². The summed E-state index contributed by atoms with van der Waals surface area (Å²) in [4.78, 5) is 0. The summed E-state index contributed by atoms with van der Waals surface area (Å²) in [6.45, 7) is 0. The molecule has 14 heavy (non-hydrogen) atoms. The Kier molecular flexibility index (Phi) is 2.14. The molecule has 0 saturated heterocycles. The molecule has 3 heteroatoms. The summed E-state index contributed by atoms with van der Waals surface area (Å²) in [6.07, 6.45) is 0.741. The summed E-state index contributed by atoms with van der Waals surface area (Å²) in [6, 6.07) is 8.42. The Morgan fingerprint density at radius 1 is 1.36 bits per heavy atom. The molecule has 0 bridgehead atoms. The second kappa shape index (κ2) is 3.35. The van der Waals surface area contributed by atoms with Crippen molar-refractivity contribution in [2.45, 2.75) is 17.8 Å². The Hall–Kier alpha value is -0.341. The van der Waals surface area contributed by atoms with Crippen LogP contribution in [0.4, 0.5) is 0 Å². The Morgan fingerprint density at radius 3 is 3.14 bits per heavy atom. The van der Waals surface area contributed by atoms with Crippen molar-refractivity contribution in [3.8, 4) is 0 Å². The van der Waals surface area contributed by atoms with Gasteiger partial charge in [0.1, 0.15) is 0 Å². The van der Waals surface area contributed by atoms with Gasteiger partial charge in [-0.3, -0.25) is 0 Å². The van der Waals surface area contributed by atoms with Gasteiger partial charge in [-0.05, 0) is 0 Å². The zero-order valence-corrected chi connectivity index (χ0v) is 10.1. The molecule has 1 aromatic heterocycles. The van der Waals surface area contributed by atoms with Crippen molar-refractivity contribution in [2.75, 3.05) is 0 Å². The fourth-order valence-corrected chi connectivity index (χ4v) is 6.24. The Labute approximate surface area is 92.9 Å². The Balaban J connectivity index is 2.34. The third-order valence-corrected chi connectivity index (χ3v) is 6.61. The third-order valence-electron chi connectivity index (χ3n) is 2.56. The minimum absolute atomic E-state index is 0.211. The van der Waals surface area contributed by atoms with E-state index in [0.29, 0.717) is 15.0 Å². The van der Waals surface area contributed by atoms with Gasteiger partial charge in [0.2, 0.25) is 0 Å². The molecule has 1 nitrogen and oxygen atoms in total. The summed E-state index contributed by atoms with van der Waals surface area (Å²) < 4.78 is 2.79. The van der Waals surface area contributed by atoms with Gasteiger partial charge in [0.15, 0.2) is 0 Å². The summed E-state index contributed by atoms with van der Waals surface area (Å²) in [5, 5.41) is 12.4. The molecule has 2 heterocycles. The first-order valence-electron chi connectivity index (χ1n) is 4.68. The van der Waals surface area contributed by atoms with Crippen molar-refractivity contribution in [2.24, 2.45) is 0 Å². The summed E-state index contributed by atoms with van der Waals surface area (Å²) >= 11 is 2.47. The monoisotopic (exact) mass is 270 g/mol. The molecule has 0 radical (unpaired) electrons. The topological polar surface area (TPSA) is 20.2 Å². The van der Waals surface area contributed by atoms with Crippen LogP contribution in [0.3, 0.4) is 0 Å². The molecule has 1 atom stereocenters. The standard InChI is InChI=1S/C11H10OSSe/c12-8-5-6-14-11-10(8)7-3-1-2-4-9(7)13-11/h1-4,8,12H,5-6H2. The van der Waals surface area contributed by atoms with Gasteiger partial charge in [-0.25, -0.2) is 0 Å². The molecule has 2 aromatic rings. The van der Waals surface area contributed by atoms with E-state index in [0.717, 1.165) is 6.42 Å².